The molecular formula is C10H12F3N3O2. The Hall–Kier alpha value is -1.60. The van der Waals surface area contributed by atoms with Crippen molar-refractivity contribution in [1.82, 2.24) is 14.8 Å². The van der Waals surface area contributed by atoms with Crippen LogP contribution < -0.4 is 0 Å². The second-order valence-corrected chi connectivity index (χ2v) is 4.05. The summed E-state index contributed by atoms with van der Waals surface area (Å²) in [5, 5.41) is 7.33. The number of rotatable bonds is 2. The summed E-state index contributed by atoms with van der Waals surface area (Å²) in [7, 11) is 0. The summed E-state index contributed by atoms with van der Waals surface area (Å²) in [6.07, 6.45) is -4.13. The summed E-state index contributed by atoms with van der Waals surface area (Å²) in [6, 6.07) is 0. The number of hydrogen-bond acceptors (Lipinski definition) is 4. The van der Waals surface area contributed by atoms with E-state index in [4.69, 9.17) is 4.74 Å². The molecule has 0 radical (unpaired) electrons. The van der Waals surface area contributed by atoms with E-state index >= 15 is 0 Å². The first-order valence-corrected chi connectivity index (χ1v) is 5.59. The lowest BCUT2D eigenvalue weighted by atomic mass is 9.99. The number of fused-ring (bicyclic) bond motifs is 1. The van der Waals surface area contributed by atoms with Crippen molar-refractivity contribution < 1.29 is 22.7 Å². The molecule has 1 aliphatic rings. The molecule has 1 aromatic heterocycles. The van der Waals surface area contributed by atoms with Crippen molar-refractivity contribution in [3.8, 4) is 0 Å². The highest BCUT2D eigenvalue weighted by molar-refractivity contribution is 5.85. The lowest BCUT2D eigenvalue weighted by Crippen LogP contribution is -2.33. The van der Waals surface area contributed by atoms with Gasteiger partial charge in [-0.2, -0.15) is 13.2 Å². The van der Waals surface area contributed by atoms with Gasteiger partial charge in [0.1, 0.15) is 5.82 Å². The Kier molecular flexibility index (Phi) is 3.27. The number of aromatic nitrogens is 3. The molecule has 0 N–H and O–H groups in total. The number of alkyl halides is 3. The number of halogens is 3. The molecule has 1 unspecified atom stereocenters. The van der Waals surface area contributed by atoms with Gasteiger partial charge < -0.3 is 9.30 Å². The van der Waals surface area contributed by atoms with Crippen LogP contribution in [0.4, 0.5) is 13.2 Å². The molecule has 1 aromatic rings. The largest absolute Gasteiger partial charge is 0.460 e. The molecule has 0 saturated heterocycles. The number of carbonyl (C=O) groups is 1. The Morgan fingerprint density at radius 2 is 2.22 bits per heavy atom. The van der Waals surface area contributed by atoms with E-state index in [1.54, 1.807) is 6.92 Å². The SMILES string of the molecule is CCOC(=O)c1nnc2n1CC(C(F)(F)F)CC2. The van der Waals surface area contributed by atoms with Gasteiger partial charge in [-0.05, 0) is 13.3 Å². The van der Waals surface area contributed by atoms with Crippen LogP contribution in [0.5, 0.6) is 0 Å². The number of aryl methyl sites for hydroxylation is 1. The quantitative estimate of drug-likeness (QED) is 0.760. The molecule has 18 heavy (non-hydrogen) atoms. The minimum absolute atomic E-state index is 0.0234. The highest BCUT2D eigenvalue weighted by atomic mass is 19.4. The van der Waals surface area contributed by atoms with Gasteiger partial charge in [-0.25, -0.2) is 4.79 Å². The Balaban J connectivity index is 2.24. The average molecular weight is 263 g/mol. The molecule has 1 aliphatic heterocycles. The number of esters is 1. The molecule has 0 bridgehead atoms. The molecule has 0 aromatic carbocycles. The van der Waals surface area contributed by atoms with Crippen molar-refractivity contribution in [3.05, 3.63) is 11.6 Å². The van der Waals surface area contributed by atoms with Gasteiger partial charge in [-0.1, -0.05) is 0 Å². The molecular weight excluding hydrogens is 251 g/mol. The van der Waals surface area contributed by atoms with Crippen LogP contribution in [0, 0.1) is 5.92 Å². The van der Waals surface area contributed by atoms with E-state index in [1.807, 2.05) is 0 Å². The van der Waals surface area contributed by atoms with Crippen LogP contribution in [0.3, 0.4) is 0 Å². The number of nitrogens with zero attached hydrogens (tertiary/aromatic N) is 3. The fourth-order valence-corrected chi connectivity index (χ4v) is 1.94. The molecule has 0 spiro atoms. The predicted molar refractivity (Wildman–Crippen MR) is 53.8 cm³/mol. The smallest absolute Gasteiger partial charge is 0.393 e. The van der Waals surface area contributed by atoms with Gasteiger partial charge in [-0.15, -0.1) is 10.2 Å². The minimum Gasteiger partial charge on any atom is -0.460 e. The second kappa shape index (κ2) is 4.58. The highest BCUT2D eigenvalue weighted by Gasteiger charge is 2.42. The Labute approximate surface area is 101 Å². The highest BCUT2D eigenvalue weighted by Crippen LogP contribution is 2.34. The molecule has 0 aliphatic carbocycles. The average Bonchev–Trinajstić information content (AvgIpc) is 2.70. The number of ether oxygens (including phenoxy) is 1. The standard InChI is InChI=1S/C10H12F3N3O2/c1-2-18-9(17)8-15-14-7-4-3-6(5-16(7)8)10(11,12)13/h6H,2-5H2,1H3. The van der Waals surface area contributed by atoms with Crippen LogP contribution in [0.15, 0.2) is 0 Å². The lowest BCUT2D eigenvalue weighted by molar-refractivity contribution is -0.182. The molecule has 0 fully saturated rings. The summed E-state index contributed by atoms with van der Waals surface area (Å²) in [5.41, 5.74) is 0. The van der Waals surface area contributed by atoms with Gasteiger partial charge >= 0.3 is 12.1 Å². The molecule has 0 amide bonds. The fourth-order valence-electron chi connectivity index (χ4n) is 1.94. The van der Waals surface area contributed by atoms with Crippen LogP contribution in [0.2, 0.25) is 0 Å². The first-order valence-electron chi connectivity index (χ1n) is 5.59. The third-order valence-corrected chi connectivity index (χ3v) is 2.87. The van der Waals surface area contributed by atoms with E-state index < -0.39 is 18.1 Å². The van der Waals surface area contributed by atoms with Crippen LogP contribution in [0.25, 0.3) is 0 Å². The van der Waals surface area contributed by atoms with Crippen LogP contribution >= 0.6 is 0 Å². The predicted octanol–water partition coefficient (Wildman–Crippen LogP) is 1.58. The van der Waals surface area contributed by atoms with Gasteiger partial charge in [0.05, 0.1) is 12.5 Å². The van der Waals surface area contributed by atoms with E-state index in [2.05, 4.69) is 10.2 Å². The number of carbonyl (C=O) groups excluding carboxylic acids is 1. The molecule has 5 nitrogen and oxygen atoms in total. The van der Waals surface area contributed by atoms with Crippen LogP contribution in [0.1, 0.15) is 29.8 Å². The van der Waals surface area contributed by atoms with E-state index in [0.717, 1.165) is 0 Å². The van der Waals surface area contributed by atoms with E-state index in [-0.39, 0.29) is 31.8 Å². The monoisotopic (exact) mass is 263 g/mol. The maximum atomic E-state index is 12.7. The molecule has 0 saturated carbocycles. The summed E-state index contributed by atoms with van der Waals surface area (Å²) >= 11 is 0. The van der Waals surface area contributed by atoms with Crippen molar-refractivity contribution in [3.63, 3.8) is 0 Å². The van der Waals surface area contributed by atoms with E-state index in [9.17, 15) is 18.0 Å². The van der Waals surface area contributed by atoms with Crippen LogP contribution in [-0.4, -0.2) is 33.5 Å². The summed E-state index contributed by atoms with van der Waals surface area (Å²) in [4.78, 5) is 11.5. The van der Waals surface area contributed by atoms with Gasteiger partial charge in [0.2, 0.25) is 5.82 Å². The van der Waals surface area contributed by atoms with Crippen molar-refractivity contribution in [2.24, 2.45) is 5.92 Å². The Morgan fingerprint density at radius 1 is 1.50 bits per heavy atom. The zero-order chi connectivity index (χ0) is 13.3. The Morgan fingerprint density at radius 3 is 2.83 bits per heavy atom. The van der Waals surface area contributed by atoms with Crippen LogP contribution in [-0.2, 0) is 17.7 Å². The maximum absolute atomic E-state index is 12.7. The van der Waals surface area contributed by atoms with Gasteiger partial charge in [0, 0.05) is 13.0 Å². The third-order valence-electron chi connectivity index (χ3n) is 2.87. The summed E-state index contributed by atoms with van der Waals surface area (Å²) in [5.74, 6) is -1.95. The third kappa shape index (κ3) is 2.32. The van der Waals surface area contributed by atoms with E-state index in [1.165, 1.54) is 4.57 Å². The van der Waals surface area contributed by atoms with Crippen molar-refractivity contribution in [2.75, 3.05) is 6.61 Å². The lowest BCUT2D eigenvalue weighted by Gasteiger charge is -2.25. The van der Waals surface area contributed by atoms with Gasteiger partial charge in [0.25, 0.3) is 0 Å². The Bertz CT molecular complexity index is 456. The maximum Gasteiger partial charge on any atom is 0.393 e. The molecule has 2 rings (SSSR count). The molecule has 100 valence electrons. The van der Waals surface area contributed by atoms with Gasteiger partial charge in [0.15, 0.2) is 0 Å². The second-order valence-electron chi connectivity index (χ2n) is 4.05. The summed E-state index contributed by atoms with van der Waals surface area (Å²) < 4.78 is 43.9. The topological polar surface area (TPSA) is 57.0 Å². The normalized spacial score (nSPS) is 19.4. The fraction of sp³-hybridized carbons (Fsp3) is 0.700. The van der Waals surface area contributed by atoms with Crippen molar-refractivity contribution in [1.29, 1.82) is 0 Å². The van der Waals surface area contributed by atoms with Crippen molar-refractivity contribution >= 4 is 5.97 Å². The molecule has 2 heterocycles. The first-order chi connectivity index (χ1) is 8.43. The zero-order valence-electron chi connectivity index (χ0n) is 9.70. The van der Waals surface area contributed by atoms with Gasteiger partial charge in [-0.3, -0.25) is 0 Å². The van der Waals surface area contributed by atoms with Crippen molar-refractivity contribution in [2.45, 2.75) is 32.5 Å². The first kappa shape index (κ1) is 12.8. The zero-order valence-corrected chi connectivity index (χ0v) is 9.70. The molecule has 8 heteroatoms. The minimum atomic E-state index is -4.27. The van der Waals surface area contributed by atoms with E-state index in [0.29, 0.717) is 5.82 Å². The summed E-state index contributed by atoms with van der Waals surface area (Å²) in [6.45, 7) is 1.44. The molecule has 1 atom stereocenters. The number of hydrogen-bond donors (Lipinski definition) is 0.